The Hall–Kier alpha value is -0.580. The molecule has 0 aliphatic carbocycles. The van der Waals surface area contributed by atoms with Gasteiger partial charge in [0.25, 0.3) is 0 Å². The first-order valence-electron chi connectivity index (χ1n) is 5.30. The maximum atomic E-state index is 11.8. The number of hydrogen-bond acceptors (Lipinski definition) is 1. The molecular formula is C13H18INO. The second kappa shape index (κ2) is 4.73. The molecule has 0 bridgehead atoms. The maximum absolute atomic E-state index is 11.8. The van der Waals surface area contributed by atoms with Gasteiger partial charge >= 0.3 is 0 Å². The van der Waals surface area contributed by atoms with Crippen molar-refractivity contribution >= 4 is 34.2 Å². The molecule has 0 radical (unpaired) electrons. The molecule has 0 aromatic heterocycles. The average molecular weight is 331 g/mol. The average Bonchev–Trinajstić information content (AvgIpc) is 2.12. The van der Waals surface area contributed by atoms with Crippen LogP contribution in [0.25, 0.3) is 0 Å². The molecule has 2 nitrogen and oxygen atoms in total. The molecule has 0 spiro atoms. The second-order valence-electron chi connectivity index (χ2n) is 5.13. The third-order valence-electron chi connectivity index (χ3n) is 2.38. The number of amides is 1. The van der Waals surface area contributed by atoms with E-state index in [1.807, 2.05) is 32.9 Å². The van der Waals surface area contributed by atoms with Gasteiger partial charge in [0, 0.05) is 14.7 Å². The monoisotopic (exact) mass is 331 g/mol. The normalized spacial score (nSPS) is 11.4. The highest BCUT2D eigenvalue weighted by atomic mass is 127. The number of carbonyl (C=O) groups is 1. The Bertz CT molecular complexity index is 395. The molecule has 0 saturated carbocycles. The zero-order valence-electron chi connectivity index (χ0n) is 10.4. The topological polar surface area (TPSA) is 29.1 Å². The third-order valence-corrected chi connectivity index (χ3v) is 4.08. The second-order valence-corrected chi connectivity index (χ2v) is 6.21. The van der Waals surface area contributed by atoms with Crippen molar-refractivity contribution in [3.8, 4) is 0 Å². The smallest absolute Gasteiger partial charge is 0.229 e. The molecule has 0 saturated heterocycles. The van der Waals surface area contributed by atoms with Crippen molar-refractivity contribution in [1.29, 1.82) is 0 Å². The lowest BCUT2D eigenvalue weighted by Gasteiger charge is -2.18. The Morgan fingerprint density at radius 2 is 1.62 bits per heavy atom. The van der Waals surface area contributed by atoms with E-state index in [1.54, 1.807) is 0 Å². The summed E-state index contributed by atoms with van der Waals surface area (Å²) in [5, 5.41) is 2.95. The van der Waals surface area contributed by atoms with Crippen molar-refractivity contribution in [2.45, 2.75) is 34.6 Å². The summed E-state index contributed by atoms with van der Waals surface area (Å²) in [7, 11) is 0. The van der Waals surface area contributed by atoms with E-state index in [1.165, 1.54) is 14.7 Å². The van der Waals surface area contributed by atoms with Crippen molar-refractivity contribution in [2.24, 2.45) is 5.41 Å². The first kappa shape index (κ1) is 13.5. The molecule has 16 heavy (non-hydrogen) atoms. The van der Waals surface area contributed by atoms with Crippen LogP contribution in [0, 0.1) is 22.8 Å². The van der Waals surface area contributed by atoms with Gasteiger partial charge in [-0.3, -0.25) is 4.79 Å². The molecule has 1 aromatic rings. The first-order chi connectivity index (χ1) is 7.21. The van der Waals surface area contributed by atoms with Gasteiger partial charge in [-0.2, -0.15) is 0 Å². The van der Waals surface area contributed by atoms with Crippen LogP contribution in [0.15, 0.2) is 12.1 Å². The van der Waals surface area contributed by atoms with Crippen LogP contribution in [-0.2, 0) is 4.79 Å². The van der Waals surface area contributed by atoms with Gasteiger partial charge in [0.1, 0.15) is 0 Å². The Balaban J connectivity index is 2.96. The third kappa shape index (κ3) is 3.20. The van der Waals surface area contributed by atoms with Gasteiger partial charge < -0.3 is 5.32 Å². The minimum absolute atomic E-state index is 0.0486. The molecule has 0 unspecified atom stereocenters. The molecule has 1 amide bonds. The fourth-order valence-electron chi connectivity index (χ4n) is 1.34. The van der Waals surface area contributed by atoms with E-state index in [9.17, 15) is 4.79 Å². The zero-order valence-corrected chi connectivity index (χ0v) is 12.6. The van der Waals surface area contributed by atoms with Crippen LogP contribution in [0.3, 0.4) is 0 Å². The summed E-state index contributed by atoms with van der Waals surface area (Å²) in [5.74, 6) is 0.0486. The number of rotatable bonds is 1. The summed E-state index contributed by atoms with van der Waals surface area (Å²) < 4.78 is 1.26. The number of hydrogen-bond donors (Lipinski definition) is 1. The van der Waals surface area contributed by atoms with Gasteiger partial charge in [0.2, 0.25) is 5.91 Å². The van der Waals surface area contributed by atoms with Gasteiger partial charge in [-0.25, -0.2) is 0 Å². The Kier molecular flexibility index (Phi) is 3.99. The molecule has 0 atom stereocenters. The number of nitrogens with one attached hydrogen (secondary N) is 1. The molecule has 1 aromatic carbocycles. The van der Waals surface area contributed by atoms with Gasteiger partial charge in [0.15, 0.2) is 0 Å². The van der Waals surface area contributed by atoms with Crippen molar-refractivity contribution < 1.29 is 4.79 Å². The van der Waals surface area contributed by atoms with Gasteiger partial charge in [-0.1, -0.05) is 20.8 Å². The summed E-state index contributed by atoms with van der Waals surface area (Å²) in [6, 6.07) is 4.02. The summed E-state index contributed by atoms with van der Waals surface area (Å²) in [5.41, 5.74) is 2.93. The highest BCUT2D eigenvalue weighted by molar-refractivity contribution is 14.1. The van der Waals surface area contributed by atoms with E-state index in [0.717, 1.165) is 5.69 Å². The predicted molar refractivity (Wildman–Crippen MR) is 76.7 cm³/mol. The van der Waals surface area contributed by atoms with Crippen molar-refractivity contribution in [3.05, 3.63) is 26.8 Å². The van der Waals surface area contributed by atoms with Crippen LogP contribution >= 0.6 is 22.6 Å². The molecule has 0 heterocycles. The molecule has 1 rings (SSSR count). The fraction of sp³-hybridized carbons (Fsp3) is 0.462. The van der Waals surface area contributed by atoms with E-state index in [0.29, 0.717) is 0 Å². The van der Waals surface area contributed by atoms with Gasteiger partial charge in [0.05, 0.1) is 0 Å². The van der Waals surface area contributed by atoms with Crippen LogP contribution in [0.1, 0.15) is 31.9 Å². The number of benzene rings is 1. The van der Waals surface area contributed by atoms with Gasteiger partial charge in [-0.05, 0) is 59.7 Å². The number of halogens is 1. The van der Waals surface area contributed by atoms with Gasteiger partial charge in [-0.15, -0.1) is 0 Å². The number of anilines is 1. The maximum Gasteiger partial charge on any atom is 0.229 e. The molecular weight excluding hydrogens is 313 g/mol. The highest BCUT2D eigenvalue weighted by Crippen LogP contribution is 2.23. The first-order valence-corrected chi connectivity index (χ1v) is 6.38. The van der Waals surface area contributed by atoms with E-state index in [2.05, 4.69) is 41.8 Å². The lowest BCUT2D eigenvalue weighted by atomic mass is 9.95. The number of aryl methyl sites for hydroxylation is 2. The van der Waals surface area contributed by atoms with Crippen LogP contribution in [0.4, 0.5) is 5.69 Å². The molecule has 1 N–H and O–H groups in total. The van der Waals surface area contributed by atoms with Crippen molar-refractivity contribution in [2.75, 3.05) is 5.32 Å². The minimum Gasteiger partial charge on any atom is -0.326 e. The number of carbonyl (C=O) groups excluding carboxylic acids is 1. The van der Waals surface area contributed by atoms with Crippen LogP contribution < -0.4 is 5.32 Å². The zero-order chi connectivity index (χ0) is 12.5. The van der Waals surface area contributed by atoms with E-state index in [4.69, 9.17) is 0 Å². The van der Waals surface area contributed by atoms with E-state index < -0.39 is 0 Å². The molecule has 3 heteroatoms. The quantitative estimate of drug-likeness (QED) is 0.777. The Labute approximate surface area is 111 Å². The molecule has 0 fully saturated rings. The summed E-state index contributed by atoms with van der Waals surface area (Å²) in [4.78, 5) is 11.8. The van der Waals surface area contributed by atoms with Crippen LogP contribution in [0.5, 0.6) is 0 Å². The standard InChI is InChI=1S/C13H18INO/c1-8-6-10(7-9(2)11(8)14)15-12(16)13(3,4)5/h6-7H,1-5H3,(H,15,16). The van der Waals surface area contributed by atoms with Crippen molar-refractivity contribution in [3.63, 3.8) is 0 Å². The SMILES string of the molecule is Cc1cc(NC(=O)C(C)(C)C)cc(C)c1I. The summed E-state index contributed by atoms with van der Waals surface area (Å²) >= 11 is 2.32. The predicted octanol–water partition coefficient (Wildman–Crippen LogP) is 3.89. The summed E-state index contributed by atoms with van der Waals surface area (Å²) in [6.07, 6.45) is 0. The van der Waals surface area contributed by atoms with E-state index in [-0.39, 0.29) is 11.3 Å². The van der Waals surface area contributed by atoms with Crippen LogP contribution in [-0.4, -0.2) is 5.91 Å². The van der Waals surface area contributed by atoms with E-state index >= 15 is 0 Å². The van der Waals surface area contributed by atoms with Crippen LogP contribution in [0.2, 0.25) is 0 Å². The lowest BCUT2D eigenvalue weighted by Crippen LogP contribution is -2.27. The molecule has 0 aliphatic heterocycles. The fourth-order valence-corrected chi connectivity index (χ4v) is 1.65. The largest absolute Gasteiger partial charge is 0.326 e. The highest BCUT2D eigenvalue weighted by Gasteiger charge is 2.21. The Morgan fingerprint density at radius 1 is 1.19 bits per heavy atom. The molecule has 0 aliphatic rings. The minimum atomic E-state index is -0.356. The lowest BCUT2D eigenvalue weighted by molar-refractivity contribution is -0.123. The Morgan fingerprint density at radius 3 is 2.00 bits per heavy atom. The summed E-state index contributed by atoms with van der Waals surface area (Å²) in [6.45, 7) is 9.85. The van der Waals surface area contributed by atoms with Crippen molar-refractivity contribution in [1.82, 2.24) is 0 Å². The molecule has 88 valence electrons.